The minimum atomic E-state index is -0.821. The number of rotatable bonds is 4. The first-order valence-corrected chi connectivity index (χ1v) is 5.19. The zero-order valence-electron chi connectivity index (χ0n) is 8.90. The molecule has 16 heavy (non-hydrogen) atoms. The molecule has 1 rings (SSSR count). The lowest BCUT2D eigenvalue weighted by Crippen LogP contribution is -2.00. The van der Waals surface area contributed by atoms with E-state index in [9.17, 15) is 9.59 Å². The monoisotopic (exact) mass is 222 g/mol. The first-order valence-electron chi connectivity index (χ1n) is 5.19. The van der Waals surface area contributed by atoms with Crippen molar-refractivity contribution in [1.29, 1.82) is 0 Å². The lowest BCUT2D eigenvalue weighted by molar-refractivity contribution is -0.137. The Bertz CT molecular complexity index is 370. The molecule has 2 N–H and O–H groups in total. The first kappa shape index (κ1) is 12.5. The third-order valence-electron chi connectivity index (χ3n) is 2.24. The Kier molecular flexibility index (Phi) is 4.74. The molecule has 0 heterocycles. The Hall–Kier alpha value is -1.60. The van der Waals surface area contributed by atoms with Crippen molar-refractivity contribution in [3.63, 3.8) is 0 Å². The smallest absolute Gasteiger partial charge is 0.303 e. The molecule has 0 bridgehead atoms. The molecule has 0 aromatic heterocycles. The number of unbranched alkanes of at least 4 members (excludes halogenated alkanes) is 1. The molecule has 0 fully saturated rings. The van der Waals surface area contributed by atoms with Gasteiger partial charge in [-0.1, -0.05) is 5.92 Å². The second-order valence-corrected chi connectivity index (χ2v) is 3.66. The molecule has 0 aromatic rings. The Morgan fingerprint density at radius 1 is 1.50 bits per heavy atom. The fourth-order valence-corrected chi connectivity index (χ4v) is 1.44. The van der Waals surface area contributed by atoms with Crippen LogP contribution in [0.15, 0.2) is 11.6 Å². The van der Waals surface area contributed by atoms with Gasteiger partial charge in [-0.3, -0.25) is 9.59 Å². The Labute approximate surface area is 94.0 Å². The molecule has 0 aromatic carbocycles. The van der Waals surface area contributed by atoms with Crippen molar-refractivity contribution in [2.75, 3.05) is 0 Å². The average Bonchev–Trinajstić information content (AvgIpc) is 2.50. The summed E-state index contributed by atoms with van der Waals surface area (Å²) in [5, 5.41) is 17.5. The number of hydrogen-bond acceptors (Lipinski definition) is 3. The van der Waals surface area contributed by atoms with Crippen molar-refractivity contribution in [3.05, 3.63) is 11.6 Å². The van der Waals surface area contributed by atoms with Crippen LogP contribution in [0.3, 0.4) is 0 Å². The van der Waals surface area contributed by atoms with Crippen LogP contribution in [0.2, 0.25) is 0 Å². The van der Waals surface area contributed by atoms with Crippen LogP contribution >= 0.6 is 0 Å². The number of ketones is 1. The normalized spacial score (nSPS) is 18.9. The molecule has 0 aliphatic heterocycles. The number of aliphatic hydroxyl groups is 1. The number of carboxylic acid groups (broad SMARTS) is 1. The van der Waals surface area contributed by atoms with Crippen molar-refractivity contribution in [1.82, 2.24) is 0 Å². The van der Waals surface area contributed by atoms with Gasteiger partial charge in [0.15, 0.2) is 5.78 Å². The van der Waals surface area contributed by atoms with E-state index >= 15 is 0 Å². The van der Waals surface area contributed by atoms with E-state index in [2.05, 4.69) is 11.8 Å². The summed E-state index contributed by atoms with van der Waals surface area (Å²) in [6.07, 6.45) is 2.56. The van der Waals surface area contributed by atoms with Crippen LogP contribution < -0.4 is 0 Å². The highest BCUT2D eigenvalue weighted by Gasteiger charge is 2.20. The lowest BCUT2D eigenvalue weighted by Gasteiger charge is -1.91. The van der Waals surface area contributed by atoms with Gasteiger partial charge in [-0.2, -0.15) is 0 Å². The number of carbonyl (C=O) groups excluding carboxylic acids is 1. The van der Waals surface area contributed by atoms with Gasteiger partial charge in [0.2, 0.25) is 0 Å². The van der Waals surface area contributed by atoms with Gasteiger partial charge in [-0.15, -0.1) is 5.92 Å². The number of aliphatic carboxylic acids is 1. The maximum Gasteiger partial charge on any atom is 0.303 e. The molecule has 1 unspecified atom stereocenters. The van der Waals surface area contributed by atoms with E-state index in [-0.39, 0.29) is 18.6 Å². The van der Waals surface area contributed by atoms with E-state index in [0.717, 1.165) is 0 Å². The van der Waals surface area contributed by atoms with Gasteiger partial charge in [-0.25, -0.2) is 0 Å². The Morgan fingerprint density at radius 2 is 2.25 bits per heavy atom. The summed E-state index contributed by atoms with van der Waals surface area (Å²) in [6.45, 7) is 0. The predicted octanol–water partition coefficient (Wildman–Crippen LogP) is 0.895. The number of hydrogen-bond donors (Lipinski definition) is 2. The number of carboxylic acids is 1. The molecular formula is C12H14O4. The largest absolute Gasteiger partial charge is 0.481 e. The maximum absolute atomic E-state index is 11.2. The number of aliphatic hydroxyl groups excluding tert-OH is 1. The minimum absolute atomic E-state index is 0.0488. The van der Waals surface area contributed by atoms with Crippen LogP contribution in [0.4, 0.5) is 0 Å². The van der Waals surface area contributed by atoms with Gasteiger partial charge < -0.3 is 10.2 Å². The zero-order valence-corrected chi connectivity index (χ0v) is 8.90. The van der Waals surface area contributed by atoms with E-state index in [0.29, 0.717) is 24.8 Å². The number of allylic oxidation sites excluding steroid dienone is 1. The average molecular weight is 222 g/mol. The molecule has 0 spiro atoms. The van der Waals surface area contributed by atoms with Gasteiger partial charge in [-0.05, 0) is 12.5 Å². The third kappa shape index (κ3) is 4.28. The zero-order chi connectivity index (χ0) is 12.0. The predicted molar refractivity (Wildman–Crippen MR) is 57.6 cm³/mol. The molecule has 86 valence electrons. The highest BCUT2D eigenvalue weighted by atomic mass is 16.4. The standard InChI is InChI=1S/C12H14O4/c13-10-7-9(11(14)8-10)5-3-1-2-4-6-12(15)16/h7,10,13H,2,4-6,8H2,(H,15,16). The van der Waals surface area contributed by atoms with Crippen LogP contribution in [0, 0.1) is 11.8 Å². The molecule has 0 radical (unpaired) electrons. The fraction of sp³-hybridized carbons (Fsp3) is 0.500. The lowest BCUT2D eigenvalue weighted by atomic mass is 10.1. The van der Waals surface area contributed by atoms with E-state index in [1.54, 1.807) is 0 Å². The number of Topliss-reactive ketones (excluding diaryl/α,β-unsaturated/α-hetero) is 1. The van der Waals surface area contributed by atoms with Gasteiger partial charge in [0.25, 0.3) is 0 Å². The van der Waals surface area contributed by atoms with Gasteiger partial charge in [0.1, 0.15) is 0 Å². The van der Waals surface area contributed by atoms with Gasteiger partial charge >= 0.3 is 5.97 Å². The molecule has 0 amide bonds. The summed E-state index contributed by atoms with van der Waals surface area (Å²) in [5.74, 6) is 4.75. The molecule has 4 heteroatoms. The van der Waals surface area contributed by atoms with Gasteiger partial charge in [0, 0.05) is 31.3 Å². The summed E-state index contributed by atoms with van der Waals surface area (Å²) in [6, 6.07) is 0. The van der Waals surface area contributed by atoms with Crippen molar-refractivity contribution < 1.29 is 19.8 Å². The highest BCUT2D eigenvalue weighted by Crippen LogP contribution is 2.16. The summed E-state index contributed by atoms with van der Waals surface area (Å²) < 4.78 is 0. The topological polar surface area (TPSA) is 74.6 Å². The second kappa shape index (κ2) is 6.09. The summed E-state index contributed by atoms with van der Waals surface area (Å²) in [7, 11) is 0. The van der Waals surface area contributed by atoms with E-state index in [4.69, 9.17) is 10.2 Å². The molecule has 1 aliphatic carbocycles. The van der Waals surface area contributed by atoms with Crippen LogP contribution in [-0.2, 0) is 9.59 Å². The van der Waals surface area contributed by atoms with Crippen LogP contribution in [0.1, 0.15) is 32.1 Å². The molecule has 0 saturated carbocycles. The van der Waals surface area contributed by atoms with Crippen LogP contribution in [0.5, 0.6) is 0 Å². The fourth-order valence-electron chi connectivity index (χ4n) is 1.44. The Balaban J connectivity index is 2.24. The molecular weight excluding hydrogens is 208 g/mol. The minimum Gasteiger partial charge on any atom is -0.481 e. The van der Waals surface area contributed by atoms with Crippen molar-refractivity contribution in [3.8, 4) is 11.8 Å². The van der Waals surface area contributed by atoms with Gasteiger partial charge in [0.05, 0.1) is 6.10 Å². The summed E-state index contributed by atoms with van der Waals surface area (Å²) in [5.41, 5.74) is 0.568. The molecule has 0 saturated heterocycles. The van der Waals surface area contributed by atoms with Crippen LogP contribution in [0.25, 0.3) is 0 Å². The molecule has 4 nitrogen and oxygen atoms in total. The quantitative estimate of drug-likeness (QED) is 0.547. The second-order valence-electron chi connectivity index (χ2n) is 3.66. The van der Waals surface area contributed by atoms with Crippen LogP contribution in [-0.4, -0.2) is 28.1 Å². The third-order valence-corrected chi connectivity index (χ3v) is 2.24. The number of carbonyl (C=O) groups is 2. The van der Waals surface area contributed by atoms with E-state index < -0.39 is 12.1 Å². The first-order chi connectivity index (χ1) is 7.59. The summed E-state index contributed by atoms with van der Waals surface area (Å²) in [4.78, 5) is 21.4. The highest BCUT2D eigenvalue weighted by molar-refractivity contribution is 5.98. The van der Waals surface area contributed by atoms with Crippen molar-refractivity contribution in [2.45, 2.75) is 38.2 Å². The maximum atomic E-state index is 11.2. The Morgan fingerprint density at radius 3 is 2.81 bits per heavy atom. The van der Waals surface area contributed by atoms with Crippen molar-refractivity contribution >= 4 is 11.8 Å². The SMILES string of the molecule is O=C(O)CCCC#CCC1=CC(O)CC1=O. The molecule has 1 aliphatic rings. The molecule has 1 atom stereocenters. The van der Waals surface area contributed by atoms with E-state index in [1.807, 2.05) is 0 Å². The summed E-state index contributed by atoms with van der Waals surface area (Å²) >= 11 is 0. The van der Waals surface area contributed by atoms with Crippen molar-refractivity contribution in [2.24, 2.45) is 0 Å². The van der Waals surface area contributed by atoms with E-state index in [1.165, 1.54) is 6.08 Å².